The fourth-order valence-electron chi connectivity index (χ4n) is 2.61. The van der Waals surface area contributed by atoms with Crippen molar-refractivity contribution < 1.29 is 9.90 Å². The van der Waals surface area contributed by atoms with Crippen LogP contribution in [0.4, 0.5) is 0 Å². The van der Waals surface area contributed by atoms with E-state index in [-0.39, 0.29) is 12.5 Å². The molecule has 0 aromatic heterocycles. The number of nitrogens with one attached hydrogen (secondary N) is 1. The summed E-state index contributed by atoms with van der Waals surface area (Å²) in [5, 5.41) is 13.4. The fourth-order valence-corrected chi connectivity index (χ4v) is 2.98. The lowest BCUT2D eigenvalue weighted by Crippen LogP contribution is -2.52. The van der Waals surface area contributed by atoms with Crippen LogP contribution >= 0.6 is 15.9 Å². The van der Waals surface area contributed by atoms with Crippen LogP contribution in [0.5, 0.6) is 0 Å². The zero-order valence-electron chi connectivity index (χ0n) is 11.0. The van der Waals surface area contributed by atoms with Gasteiger partial charge in [0.05, 0.1) is 12.1 Å². The van der Waals surface area contributed by atoms with Crippen LogP contribution in [0.15, 0.2) is 24.3 Å². The highest BCUT2D eigenvalue weighted by atomic mass is 79.9. The zero-order valence-corrected chi connectivity index (χ0v) is 12.6. The van der Waals surface area contributed by atoms with Gasteiger partial charge >= 0.3 is 0 Å². The van der Waals surface area contributed by atoms with Gasteiger partial charge in [-0.2, -0.15) is 0 Å². The first-order valence-electron chi connectivity index (χ1n) is 6.77. The van der Waals surface area contributed by atoms with Gasteiger partial charge < -0.3 is 10.4 Å². The Labute approximate surface area is 122 Å². The average Bonchev–Trinajstić information content (AvgIpc) is 2.48. The monoisotopic (exact) mass is 325 g/mol. The van der Waals surface area contributed by atoms with Crippen molar-refractivity contribution in [2.75, 3.05) is 6.61 Å². The van der Waals surface area contributed by atoms with Crippen LogP contribution in [0.1, 0.15) is 48.0 Å². The fraction of sp³-hybridized carbons (Fsp3) is 0.533. The summed E-state index contributed by atoms with van der Waals surface area (Å²) < 4.78 is 0. The van der Waals surface area contributed by atoms with Crippen LogP contribution in [0.2, 0.25) is 0 Å². The van der Waals surface area contributed by atoms with Gasteiger partial charge in [0.1, 0.15) is 0 Å². The molecular formula is C15H20BrNO2. The van der Waals surface area contributed by atoms with Gasteiger partial charge in [-0.1, -0.05) is 47.3 Å². The maximum Gasteiger partial charge on any atom is 0.251 e. The number of hydrogen-bond donors (Lipinski definition) is 2. The third-order valence-electron chi connectivity index (χ3n) is 3.86. The molecule has 0 saturated heterocycles. The predicted octanol–water partition coefficient (Wildman–Crippen LogP) is 3.01. The molecule has 0 atom stereocenters. The SMILES string of the molecule is O=C(NC1(CO)CCCCC1)c1ccc(CBr)cc1. The van der Waals surface area contributed by atoms with Crippen molar-refractivity contribution in [3.63, 3.8) is 0 Å². The van der Waals surface area contributed by atoms with Gasteiger partial charge in [0.15, 0.2) is 0 Å². The van der Waals surface area contributed by atoms with Crippen LogP contribution in [0, 0.1) is 0 Å². The first kappa shape index (κ1) is 14.5. The van der Waals surface area contributed by atoms with Gasteiger partial charge in [-0.15, -0.1) is 0 Å². The van der Waals surface area contributed by atoms with Crippen LogP contribution < -0.4 is 5.32 Å². The lowest BCUT2D eigenvalue weighted by molar-refractivity contribution is 0.0758. The Balaban J connectivity index is 2.06. The van der Waals surface area contributed by atoms with Gasteiger partial charge in [-0.3, -0.25) is 4.79 Å². The largest absolute Gasteiger partial charge is 0.394 e. The van der Waals surface area contributed by atoms with Crippen molar-refractivity contribution in [2.45, 2.75) is 43.0 Å². The molecule has 1 amide bonds. The van der Waals surface area contributed by atoms with Gasteiger partial charge in [-0.25, -0.2) is 0 Å². The molecule has 4 heteroatoms. The maximum absolute atomic E-state index is 12.2. The minimum Gasteiger partial charge on any atom is -0.394 e. The first-order valence-corrected chi connectivity index (χ1v) is 7.89. The van der Waals surface area contributed by atoms with E-state index < -0.39 is 5.54 Å². The second-order valence-electron chi connectivity index (χ2n) is 5.28. The number of hydrogen-bond acceptors (Lipinski definition) is 2. The number of aliphatic hydroxyl groups is 1. The van der Waals surface area contributed by atoms with Crippen molar-refractivity contribution in [1.29, 1.82) is 0 Å². The van der Waals surface area contributed by atoms with E-state index >= 15 is 0 Å². The molecule has 1 aromatic carbocycles. The minimum atomic E-state index is -0.413. The molecule has 1 aromatic rings. The normalized spacial score (nSPS) is 18.0. The third-order valence-corrected chi connectivity index (χ3v) is 4.51. The Morgan fingerprint density at radius 3 is 2.37 bits per heavy atom. The van der Waals surface area contributed by atoms with E-state index in [1.54, 1.807) is 0 Å². The second-order valence-corrected chi connectivity index (χ2v) is 5.84. The van der Waals surface area contributed by atoms with E-state index in [9.17, 15) is 9.90 Å². The molecule has 3 nitrogen and oxygen atoms in total. The van der Waals surface area contributed by atoms with E-state index in [1.165, 1.54) is 6.42 Å². The van der Waals surface area contributed by atoms with Gasteiger partial charge in [0, 0.05) is 10.9 Å². The zero-order chi connectivity index (χ0) is 13.7. The van der Waals surface area contributed by atoms with Crippen molar-refractivity contribution in [1.82, 2.24) is 5.32 Å². The Hall–Kier alpha value is -0.870. The molecule has 19 heavy (non-hydrogen) atoms. The number of alkyl halides is 1. The quantitative estimate of drug-likeness (QED) is 0.836. The van der Waals surface area contributed by atoms with Crippen molar-refractivity contribution >= 4 is 21.8 Å². The number of benzene rings is 1. The Morgan fingerprint density at radius 1 is 1.21 bits per heavy atom. The average molecular weight is 326 g/mol. The predicted molar refractivity (Wildman–Crippen MR) is 79.4 cm³/mol. The van der Waals surface area contributed by atoms with Gasteiger partial charge in [-0.05, 0) is 30.5 Å². The summed E-state index contributed by atoms with van der Waals surface area (Å²) in [4.78, 5) is 12.2. The third kappa shape index (κ3) is 3.57. The smallest absolute Gasteiger partial charge is 0.251 e. The topological polar surface area (TPSA) is 49.3 Å². The highest BCUT2D eigenvalue weighted by Crippen LogP contribution is 2.28. The van der Waals surface area contributed by atoms with Crippen LogP contribution in [0.3, 0.4) is 0 Å². The van der Waals surface area contributed by atoms with Crippen LogP contribution in [-0.4, -0.2) is 23.2 Å². The molecule has 0 aliphatic heterocycles. The molecule has 0 bridgehead atoms. The van der Waals surface area contributed by atoms with E-state index in [2.05, 4.69) is 21.2 Å². The van der Waals surface area contributed by atoms with Crippen molar-refractivity contribution in [2.24, 2.45) is 0 Å². The van der Waals surface area contributed by atoms with E-state index in [1.807, 2.05) is 24.3 Å². The minimum absolute atomic E-state index is 0.0260. The van der Waals surface area contributed by atoms with Crippen LogP contribution in [-0.2, 0) is 5.33 Å². The summed E-state index contributed by atoms with van der Waals surface area (Å²) in [6, 6.07) is 7.55. The van der Waals surface area contributed by atoms with E-state index in [0.29, 0.717) is 5.56 Å². The molecule has 0 heterocycles. The molecule has 104 valence electrons. The van der Waals surface area contributed by atoms with Crippen molar-refractivity contribution in [3.05, 3.63) is 35.4 Å². The molecule has 2 rings (SSSR count). The maximum atomic E-state index is 12.2. The molecule has 0 spiro atoms. The highest BCUT2D eigenvalue weighted by Gasteiger charge is 2.32. The standard InChI is InChI=1S/C15H20BrNO2/c16-10-12-4-6-13(7-5-12)14(19)17-15(11-18)8-2-1-3-9-15/h4-7,18H,1-3,8-11H2,(H,17,19). The van der Waals surface area contributed by atoms with Crippen LogP contribution in [0.25, 0.3) is 0 Å². The number of carbonyl (C=O) groups is 1. The van der Waals surface area contributed by atoms with Gasteiger partial charge in [0.2, 0.25) is 0 Å². The summed E-state index contributed by atoms with van der Waals surface area (Å²) in [5.41, 5.74) is 1.39. The van der Waals surface area contributed by atoms with Crippen molar-refractivity contribution in [3.8, 4) is 0 Å². The Morgan fingerprint density at radius 2 is 1.84 bits per heavy atom. The van der Waals surface area contributed by atoms with Gasteiger partial charge in [0.25, 0.3) is 5.91 Å². The number of carbonyl (C=O) groups excluding carboxylic acids is 1. The lowest BCUT2D eigenvalue weighted by atomic mass is 9.82. The molecular weight excluding hydrogens is 306 g/mol. The molecule has 1 fully saturated rings. The molecule has 1 aliphatic rings. The summed E-state index contributed by atoms with van der Waals surface area (Å²) >= 11 is 3.38. The summed E-state index contributed by atoms with van der Waals surface area (Å²) in [6.45, 7) is 0.0260. The molecule has 0 unspecified atom stereocenters. The molecule has 2 N–H and O–H groups in total. The Kier molecular flexibility index (Phi) is 4.99. The number of rotatable bonds is 4. The number of amides is 1. The molecule has 1 saturated carbocycles. The second kappa shape index (κ2) is 6.53. The molecule has 1 aliphatic carbocycles. The summed E-state index contributed by atoms with van der Waals surface area (Å²) in [5.74, 6) is -0.0860. The highest BCUT2D eigenvalue weighted by molar-refractivity contribution is 9.08. The summed E-state index contributed by atoms with van der Waals surface area (Å²) in [6.07, 6.45) is 5.08. The number of halogens is 1. The van der Waals surface area contributed by atoms with E-state index in [0.717, 1.165) is 36.6 Å². The number of aliphatic hydroxyl groups excluding tert-OH is 1. The molecule has 0 radical (unpaired) electrons. The summed E-state index contributed by atoms with van der Waals surface area (Å²) in [7, 11) is 0. The lowest BCUT2D eigenvalue weighted by Gasteiger charge is -2.36. The van der Waals surface area contributed by atoms with E-state index in [4.69, 9.17) is 0 Å². The Bertz CT molecular complexity index is 424. The first-order chi connectivity index (χ1) is 9.19.